The molecule has 0 aliphatic carbocycles. The third-order valence-corrected chi connectivity index (χ3v) is 4.20. The van der Waals surface area contributed by atoms with Crippen LogP contribution in [0, 0.1) is 0 Å². The van der Waals surface area contributed by atoms with Gasteiger partial charge >= 0.3 is 0 Å². The molecule has 1 aromatic heterocycles. The van der Waals surface area contributed by atoms with Gasteiger partial charge in [0, 0.05) is 24.5 Å². The van der Waals surface area contributed by atoms with Crippen molar-refractivity contribution in [2.24, 2.45) is 0 Å². The highest BCUT2D eigenvalue weighted by molar-refractivity contribution is 9.11. The van der Waals surface area contributed by atoms with Crippen LogP contribution >= 0.6 is 27.3 Å². The molecule has 1 atom stereocenters. The topological polar surface area (TPSA) is 63.9 Å². The minimum atomic E-state index is -0.480. The Morgan fingerprint density at radius 3 is 2.29 bits per heavy atom. The van der Waals surface area contributed by atoms with Crippen LogP contribution in [0.1, 0.15) is 17.4 Å². The van der Waals surface area contributed by atoms with Gasteiger partial charge in [-0.2, -0.15) is 0 Å². The fraction of sp³-hybridized carbons (Fsp3) is 0.636. The molecule has 98 valence electrons. The first-order valence-corrected chi connectivity index (χ1v) is 7.15. The summed E-state index contributed by atoms with van der Waals surface area (Å²) < 4.78 is 1.01. The van der Waals surface area contributed by atoms with Crippen LogP contribution in [0.4, 0.5) is 0 Å². The first-order valence-electron chi connectivity index (χ1n) is 5.54. The number of aliphatic hydroxyl groups is 3. The Hall–Kier alpha value is 0.0200. The lowest BCUT2D eigenvalue weighted by Gasteiger charge is -2.21. The standard InChI is InChI=1S/C11H18BrNO3S/c12-11-2-1-10(17-11)9(16)3-4-13(5-7-14)6-8-15/h1-2,9,14-16H,3-8H2. The van der Waals surface area contributed by atoms with Gasteiger partial charge in [-0.05, 0) is 34.5 Å². The van der Waals surface area contributed by atoms with Crippen LogP contribution in [0.5, 0.6) is 0 Å². The summed E-state index contributed by atoms with van der Waals surface area (Å²) in [6.07, 6.45) is 0.124. The normalized spacial score (nSPS) is 13.2. The van der Waals surface area contributed by atoms with Crippen LogP contribution in [0.3, 0.4) is 0 Å². The van der Waals surface area contributed by atoms with Crippen molar-refractivity contribution in [2.75, 3.05) is 32.8 Å². The van der Waals surface area contributed by atoms with Gasteiger partial charge in [0.2, 0.25) is 0 Å². The molecule has 0 amide bonds. The zero-order chi connectivity index (χ0) is 12.7. The smallest absolute Gasteiger partial charge is 0.0894 e. The summed E-state index contributed by atoms with van der Waals surface area (Å²) in [6, 6.07) is 3.82. The lowest BCUT2D eigenvalue weighted by molar-refractivity contribution is 0.120. The Kier molecular flexibility index (Phi) is 7.26. The van der Waals surface area contributed by atoms with Crippen LogP contribution in [0.2, 0.25) is 0 Å². The molecule has 0 saturated carbocycles. The molecule has 4 nitrogen and oxygen atoms in total. The molecule has 0 radical (unpaired) electrons. The van der Waals surface area contributed by atoms with Gasteiger partial charge in [-0.3, -0.25) is 4.90 Å². The van der Waals surface area contributed by atoms with Crippen LogP contribution in [0.25, 0.3) is 0 Å². The lowest BCUT2D eigenvalue weighted by atomic mass is 10.2. The van der Waals surface area contributed by atoms with E-state index in [-0.39, 0.29) is 13.2 Å². The summed E-state index contributed by atoms with van der Waals surface area (Å²) in [5.41, 5.74) is 0. The van der Waals surface area contributed by atoms with Gasteiger partial charge in [0.1, 0.15) is 0 Å². The fourth-order valence-electron chi connectivity index (χ4n) is 1.57. The van der Waals surface area contributed by atoms with E-state index in [0.29, 0.717) is 26.1 Å². The molecule has 0 fully saturated rings. The first kappa shape index (κ1) is 15.1. The monoisotopic (exact) mass is 323 g/mol. The quantitative estimate of drug-likeness (QED) is 0.673. The molecule has 17 heavy (non-hydrogen) atoms. The van der Waals surface area contributed by atoms with Gasteiger partial charge in [0.15, 0.2) is 0 Å². The lowest BCUT2D eigenvalue weighted by Crippen LogP contribution is -2.31. The second-order valence-electron chi connectivity index (χ2n) is 3.74. The zero-order valence-corrected chi connectivity index (χ0v) is 12.0. The molecule has 3 N–H and O–H groups in total. The summed E-state index contributed by atoms with van der Waals surface area (Å²) in [4.78, 5) is 2.87. The van der Waals surface area contributed by atoms with Gasteiger partial charge in [-0.25, -0.2) is 0 Å². The number of hydrogen-bond donors (Lipinski definition) is 3. The van der Waals surface area contributed by atoms with Crippen molar-refractivity contribution in [2.45, 2.75) is 12.5 Å². The molecule has 0 aromatic carbocycles. The van der Waals surface area contributed by atoms with Gasteiger partial charge in [-0.1, -0.05) is 0 Å². The molecule has 0 bridgehead atoms. The van der Waals surface area contributed by atoms with Crippen LogP contribution in [-0.2, 0) is 0 Å². The Morgan fingerprint density at radius 1 is 1.18 bits per heavy atom. The van der Waals surface area contributed by atoms with E-state index in [9.17, 15) is 5.11 Å². The Bertz CT molecular complexity index is 315. The third kappa shape index (κ3) is 5.46. The van der Waals surface area contributed by atoms with Crippen molar-refractivity contribution < 1.29 is 15.3 Å². The molecular weight excluding hydrogens is 306 g/mol. The largest absolute Gasteiger partial charge is 0.395 e. The second-order valence-corrected chi connectivity index (χ2v) is 6.23. The number of halogens is 1. The van der Waals surface area contributed by atoms with Gasteiger partial charge in [-0.15, -0.1) is 11.3 Å². The molecule has 6 heteroatoms. The predicted molar refractivity (Wildman–Crippen MR) is 72.2 cm³/mol. The van der Waals surface area contributed by atoms with E-state index in [4.69, 9.17) is 10.2 Å². The summed E-state index contributed by atoms with van der Waals surface area (Å²) in [5, 5.41) is 27.7. The number of nitrogens with zero attached hydrogens (tertiary/aromatic N) is 1. The van der Waals surface area contributed by atoms with Gasteiger partial charge in [0.25, 0.3) is 0 Å². The van der Waals surface area contributed by atoms with E-state index in [0.717, 1.165) is 8.66 Å². The molecule has 1 unspecified atom stereocenters. The van der Waals surface area contributed by atoms with Crippen molar-refractivity contribution >= 4 is 27.3 Å². The second kappa shape index (κ2) is 8.18. The molecule has 1 aromatic rings. The molecule has 0 aliphatic rings. The molecule has 1 heterocycles. The minimum absolute atomic E-state index is 0.0701. The minimum Gasteiger partial charge on any atom is -0.395 e. The average molecular weight is 324 g/mol. The molecule has 0 saturated heterocycles. The SMILES string of the molecule is OCCN(CCO)CCC(O)c1ccc(Br)s1. The number of aliphatic hydroxyl groups excluding tert-OH is 3. The van der Waals surface area contributed by atoms with Crippen molar-refractivity contribution in [3.8, 4) is 0 Å². The average Bonchev–Trinajstić information content (AvgIpc) is 2.73. The molecule has 1 rings (SSSR count). The molecular formula is C11H18BrNO3S. The van der Waals surface area contributed by atoms with Gasteiger partial charge in [0.05, 0.1) is 23.1 Å². The van der Waals surface area contributed by atoms with E-state index in [1.807, 2.05) is 17.0 Å². The Balaban J connectivity index is 2.37. The van der Waals surface area contributed by atoms with E-state index in [1.54, 1.807) is 0 Å². The predicted octanol–water partition coefficient (Wildman–Crippen LogP) is 1.22. The number of thiophene rings is 1. The maximum atomic E-state index is 9.96. The number of rotatable bonds is 8. The third-order valence-electron chi connectivity index (χ3n) is 2.47. The highest BCUT2D eigenvalue weighted by atomic mass is 79.9. The summed E-state index contributed by atoms with van der Waals surface area (Å²) in [5.74, 6) is 0. The highest BCUT2D eigenvalue weighted by Gasteiger charge is 2.12. The van der Waals surface area contributed by atoms with Crippen LogP contribution in [-0.4, -0.2) is 53.1 Å². The van der Waals surface area contributed by atoms with Crippen LogP contribution in [0.15, 0.2) is 15.9 Å². The van der Waals surface area contributed by atoms with Crippen molar-refractivity contribution in [1.82, 2.24) is 4.90 Å². The molecule has 0 spiro atoms. The zero-order valence-electron chi connectivity index (χ0n) is 9.55. The van der Waals surface area contributed by atoms with Gasteiger partial charge < -0.3 is 15.3 Å². The fourth-order valence-corrected chi connectivity index (χ4v) is 3.02. The summed E-state index contributed by atoms with van der Waals surface area (Å²) >= 11 is 4.88. The highest BCUT2D eigenvalue weighted by Crippen LogP contribution is 2.28. The molecule has 0 aliphatic heterocycles. The van der Waals surface area contributed by atoms with Crippen molar-refractivity contribution in [1.29, 1.82) is 0 Å². The van der Waals surface area contributed by atoms with Crippen molar-refractivity contribution in [3.05, 3.63) is 20.8 Å². The Morgan fingerprint density at radius 2 is 1.82 bits per heavy atom. The Labute approximate surface area is 114 Å². The summed E-state index contributed by atoms with van der Waals surface area (Å²) in [6.45, 7) is 1.86. The van der Waals surface area contributed by atoms with Crippen molar-refractivity contribution in [3.63, 3.8) is 0 Å². The summed E-state index contributed by atoms with van der Waals surface area (Å²) in [7, 11) is 0. The van der Waals surface area contributed by atoms with E-state index in [2.05, 4.69) is 15.9 Å². The van der Waals surface area contributed by atoms with E-state index < -0.39 is 6.10 Å². The van der Waals surface area contributed by atoms with E-state index >= 15 is 0 Å². The maximum absolute atomic E-state index is 9.96. The number of hydrogen-bond acceptors (Lipinski definition) is 5. The van der Waals surface area contributed by atoms with E-state index in [1.165, 1.54) is 11.3 Å². The van der Waals surface area contributed by atoms with Crippen LogP contribution < -0.4 is 0 Å². The first-order chi connectivity index (χ1) is 8.17. The maximum Gasteiger partial charge on any atom is 0.0894 e.